The molecule has 1 amide bonds. The van der Waals surface area contributed by atoms with Crippen molar-refractivity contribution in [1.82, 2.24) is 20.0 Å². The number of rotatable bonds is 4. The van der Waals surface area contributed by atoms with Crippen LogP contribution in [-0.2, 0) is 6.42 Å². The summed E-state index contributed by atoms with van der Waals surface area (Å²) in [4.78, 5) is 22.8. The molecule has 6 heteroatoms. The van der Waals surface area contributed by atoms with Gasteiger partial charge in [-0.1, -0.05) is 12.1 Å². The number of likely N-dealkylation sites (tertiary alicyclic amines) is 1. The molecule has 1 aliphatic heterocycles. The molecule has 1 saturated heterocycles. The average Bonchev–Trinajstić information content (AvgIpc) is 3.04. The van der Waals surface area contributed by atoms with E-state index in [0.717, 1.165) is 38.1 Å². The molecule has 2 aromatic heterocycles. The van der Waals surface area contributed by atoms with E-state index in [1.54, 1.807) is 24.5 Å². The lowest BCUT2D eigenvalue weighted by Gasteiger charge is -2.31. The third kappa shape index (κ3) is 3.16. The Bertz CT molecular complexity index is 626. The van der Waals surface area contributed by atoms with Crippen LogP contribution in [0.2, 0.25) is 0 Å². The van der Waals surface area contributed by atoms with E-state index in [0.29, 0.717) is 18.0 Å². The van der Waals surface area contributed by atoms with Crippen LogP contribution in [0.15, 0.2) is 29.0 Å². The summed E-state index contributed by atoms with van der Waals surface area (Å²) in [5, 5.41) is 4.01. The lowest BCUT2D eigenvalue weighted by molar-refractivity contribution is 0.0695. The Labute approximate surface area is 129 Å². The maximum absolute atomic E-state index is 12.5. The molecule has 0 aliphatic carbocycles. The number of carbonyl (C=O) groups is 1. The molecule has 3 rings (SSSR count). The third-order valence-corrected chi connectivity index (χ3v) is 3.94. The topological polar surface area (TPSA) is 72.1 Å². The van der Waals surface area contributed by atoms with Crippen LogP contribution in [0.1, 0.15) is 54.2 Å². The standard InChI is InChI=1S/C16H20N4O2/c1-2-4-14-18-15(22-19-14)13-5-3-10-20(11-13)16(21)12-6-8-17-9-7-12/h6-9,13H,2-5,10-11H2,1H3/t13-/m0/s1. The minimum atomic E-state index is 0.0420. The zero-order valence-electron chi connectivity index (χ0n) is 12.7. The second-order valence-corrected chi connectivity index (χ2v) is 5.63. The first-order chi connectivity index (χ1) is 10.8. The van der Waals surface area contributed by atoms with Crippen LogP contribution in [-0.4, -0.2) is 39.0 Å². The molecule has 0 unspecified atom stereocenters. The van der Waals surface area contributed by atoms with Gasteiger partial charge in [-0.3, -0.25) is 9.78 Å². The molecule has 2 aromatic rings. The van der Waals surface area contributed by atoms with Gasteiger partial charge in [0.1, 0.15) is 0 Å². The monoisotopic (exact) mass is 300 g/mol. The van der Waals surface area contributed by atoms with E-state index in [1.807, 2.05) is 4.90 Å². The highest BCUT2D eigenvalue weighted by Gasteiger charge is 2.28. The molecule has 1 fully saturated rings. The zero-order valence-corrected chi connectivity index (χ0v) is 12.7. The van der Waals surface area contributed by atoms with Crippen molar-refractivity contribution in [2.45, 2.75) is 38.5 Å². The van der Waals surface area contributed by atoms with Gasteiger partial charge in [-0.05, 0) is 31.4 Å². The van der Waals surface area contributed by atoms with E-state index >= 15 is 0 Å². The van der Waals surface area contributed by atoms with Crippen LogP contribution in [0.3, 0.4) is 0 Å². The Kier molecular flexibility index (Phi) is 4.46. The Morgan fingerprint density at radius 3 is 3.00 bits per heavy atom. The number of aryl methyl sites for hydroxylation is 1. The van der Waals surface area contributed by atoms with Gasteiger partial charge in [0.2, 0.25) is 5.89 Å². The fourth-order valence-electron chi connectivity index (χ4n) is 2.80. The number of aromatic nitrogens is 3. The van der Waals surface area contributed by atoms with Crippen LogP contribution in [0.25, 0.3) is 0 Å². The molecule has 0 saturated carbocycles. The SMILES string of the molecule is CCCc1noc([C@H]2CCCN(C(=O)c3ccncc3)C2)n1. The minimum Gasteiger partial charge on any atom is -0.339 e. The second-order valence-electron chi connectivity index (χ2n) is 5.63. The fourth-order valence-corrected chi connectivity index (χ4v) is 2.80. The molecule has 116 valence electrons. The van der Waals surface area contributed by atoms with E-state index in [-0.39, 0.29) is 11.8 Å². The molecule has 0 radical (unpaired) electrons. The van der Waals surface area contributed by atoms with Gasteiger partial charge >= 0.3 is 0 Å². The molecule has 6 nitrogen and oxygen atoms in total. The van der Waals surface area contributed by atoms with Gasteiger partial charge in [-0.25, -0.2) is 0 Å². The summed E-state index contributed by atoms with van der Waals surface area (Å²) < 4.78 is 5.38. The molecular formula is C16H20N4O2. The van der Waals surface area contributed by atoms with Gasteiger partial charge < -0.3 is 9.42 Å². The van der Waals surface area contributed by atoms with Crippen molar-refractivity contribution in [3.05, 3.63) is 41.8 Å². The van der Waals surface area contributed by atoms with Gasteiger partial charge in [0.25, 0.3) is 5.91 Å². The number of amides is 1. The van der Waals surface area contributed by atoms with E-state index in [1.165, 1.54) is 0 Å². The lowest BCUT2D eigenvalue weighted by atomic mass is 9.97. The van der Waals surface area contributed by atoms with Crippen molar-refractivity contribution < 1.29 is 9.32 Å². The summed E-state index contributed by atoms with van der Waals surface area (Å²) in [6.07, 6.45) is 7.04. The summed E-state index contributed by atoms with van der Waals surface area (Å²) in [6, 6.07) is 3.50. The van der Waals surface area contributed by atoms with E-state index in [2.05, 4.69) is 22.0 Å². The predicted molar refractivity (Wildman–Crippen MR) is 80.4 cm³/mol. The normalized spacial score (nSPS) is 18.4. The Hall–Kier alpha value is -2.24. The Morgan fingerprint density at radius 2 is 2.23 bits per heavy atom. The first-order valence-corrected chi connectivity index (χ1v) is 7.79. The summed E-state index contributed by atoms with van der Waals surface area (Å²) >= 11 is 0. The quantitative estimate of drug-likeness (QED) is 0.867. The van der Waals surface area contributed by atoms with Crippen molar-refractivity contribution >= 4 is 5.91 Å². The van der Waals surface area contributed by atoms with Crippen LogP contribution in [0.5, 0.6) is 0 Å². The molecule has 1 atom stereocenters. The first kappa shape index (κ1) is 14.7. The molecule has 3 heterocycles. The Balaban J connectivity index is 1.69. The zero-order chi connectivity index (χ0) is 15.4. The number of piperidine rings is 1. The number of nitrogens with zero attached hydrogens (tertiary/aromatic N) is 4. The van der Waals surface area contributed by atoms with E-state index < -0.39 is 0 Å². The van der Waals surface area contributed by atoms with Crippen LogP contribution in [0, 0.1) is 0 Å². The number of carbonyl (C=O) groups excluding carboxylic acids is 1. The highest BCUT2D eigenvalue weighted by atomic mass is 16.5. The molecule has 0 spiro atoms. The van der Waals surface area contributed by atoms with Crippen LogP contribution < -0.4 is 0 Å². The van der Waals surface area contributed by atoms with Crippen molar-refractivity contribution in [2.75, 3.05) is 13.1 Å². The molecule has 1 aliphatic rings. The first-order valence-electron chi connectivity index (χ1n) is 7.79. The predicted octanol–water partition coefficient (Wildman–Crippen LogP) is 2.44. The van der Waals surface area contributed by atoms with Gasteiger partial charge in [-0.2, -0.15) is 4.98 Å². The molecule has 0 aromatic carbocycles. The summed E-state index contributed by atoms with van der Waals surface area (Å²) in [6.45, 7) is 3.49. The summed E-state index contributed by atoms with van der Waals surface area (Å²) in [5.41, 5.74) is 0.674. The van der Waals surface area contributed by atoms with Gasteiger partial charge in [-0.15, -0.1) is 0 Å². The highest BCUT2D eigenvalue weighted by Crippen LogP contribution is 2.26. The molecule has 22 heavy (non-hydrogen) atoms. The molecule has 0 N–H and O–H groups in total. The minimum absolute atomic E-state index is 0.0420. The van der Waals surface area contributed by atoms with Gasteiger partial charge in [0, 0.05) is 37.5 Å². The second kappa shape index (κ2) is 6.68. The highest BCUT2D eigenvalue weighted by molar-refractivity contribution is 5.94. The Morgan fingerprint density at radius 1 is 1.41 bits per heavy atom. The van der Waals surface area contributed by atoms with Crippen molar-refractivity contribution in [3.8, 4) is 0 Å². The van der Waals surface area contributed by atoms with Crippen LogP contribution >= 0.6 is 0 Å². The van der Waals surface area contributed by atoms with Crippen LogP contribution in [0.4, 0.5) is 0 Å². The number of pyridine rings is 1. The van der Waals surface area contributed by atoms with E-state index in [9.17, 15) is 4.79 Å². The summed E-state index contributed by atoms with van der Waals surface area (Å²) in [5.74, 6) is 1.60. The maximum atomic E-state index is 12.5. The molecule has 0 bridgehead atoms. The van der Waals surface area contributed by atoms with Crippen molar-refractivity contribution in [2.24, 2.45) is 0 Å². The number of hydrogen-bond acceptors (Lipinski definition) is 5. The van der Waals surface area contributed by atoms with Crippen molar-refractivity contribution in [1.29, 1.82) is 0 Å². The van der Waals surface area contributed by atoms with Crippen molar-refractivity contribution in [3.63, 3.8) is 0 Å². The number of hydrogen-bond donors (Lipinski definition) is 0. The third-order valence-electron chi connectivity index (χ3n) is 3.94. The summed E-state index contributed by atoms with van der Waals surface area (Å²) in [7, 11) is 0. The largest absolute Gasteiger partial charge is 0.339 e. The average molecular weight is 300 g/mol. The van der Waals surface area contributed by atoms with Gasteiger partial charge in [0.15, 0.2) is 5.82 Å². The van der Waals surface area contributed by atoms with E-state index in [4.69, 9.17) is 4.52 Å². The van der Waals surface area contributed by atoms with Gasteiger partial charge in [0.05, 0.1) is 5.92 Å². The smallest absolute Gasteiger partial charge is 0.253 e. The molecular weight excluding hydrogens is 280 g/mol. The maximum Gasteiger partial charge on any atom is 0.253 e. The lowest BCUT2D eigenvalue weighted by Crippen LogP contribution is -2.39. The fraction of sp³-hybridized carbons (Fsp3) is 0.500.